The molecule has 1 saturated heterocycles. The number of benzene rings is 1. The molecule has 0 bridgehead atoms. The zero-order chi connectivity index (χ0) is 19.9. The number of anilines is 1. The summed E-state index contributed by atoms with van der Waals surface area (Å²) in [4.78, 5) is 44.4. The lowest BCUT2D eigenvalue weighted by atomic mass is 10.1. The minimum Gasteiger partial charge on any atom is -0.337 e. The molecule has 0 atom stereocenters. The second kappa shape index (κ2) is 7.38. The first-order chi connectivity index (χ1) is 12.7. The van der Waals surface area contributed by atoms with Crippen molar-refractivity contribution < 1.29 is 14.4 Å². The van der Waals surface area contributed by atoms with Gasteiger partial charge in [-0.05, 0) is 24.0 Å². The molecule has 0 spiro atoms. The van der Waals surface area contributed by atoms with Gasteiger partial charge in [0, 0.05) is 25.0 Å². The highest BCUT2D eigenvalue weighted by Gasteiger charge is 2.45. The van der Waals surface area contributed by atoms with Crippen molar-refractivity contribution >= 4 is 35.3 Å². The first-order valence-corrected chi connectivity index (χ1v) is 9.96. The van der Waals surface area contributed by atoms with Gasteiger partial charge in [-0.2, -0.15) is 0 Å². The molecular weight excluding hydrogens is 362 g/mol. The number of amides is 4. The first kappa shape index (κ1) is 19.5. The van der Waals surface area contributed by atoms with Crippen molar-refractivity contribution in [1.29, 1.82) is 0 Å². The number of thioether (sulfide) groups is 1. The molecule has 1 aromatic rings. The van der Waals surface area contributed by atoms with Crippen LogP contribution in [0, 0.1) is 11.8 Å². The zero-order valence-corrected chi connectivity index (χ0v) is 17.2. The summed E-state index contributed by atoms with van der Waals surface area (Å²) in [6, 6.07) is 7.26. The Hall–Kier alpha value is -2.28. The SMILES string of the molecule is CC(C)CN1C(=O)C(=C2Sc3ccccc3N2C)C(=O)N(CC(C)C)C1=O. The smallest absolute Gasteiger partial charge is 0.333 e. The summed E-state index contributed by atoms with van der Waals surface area (Å²) in [5, 5.41) is 0.584. The molecule has 0 saturated carbocycles. The second-order valence-electron chi connectivity index (χ2n) is 7.71. The summed E-state index contributed by atoms with van der Waals surface area (Å²) in [7, 11) is 1.84. The number of rotatable bonds is 4. The number of imide groups is 2. The lowest BCUT2D eigenvalue weighted by molar-refractivity contribution is -0.136. The number of fused-ring (bicyclic) bond motifs is 1. The Balaban J connectivity index is 2.09. The van der Waals surface area contributed by atoms with Crippen LogP contribution in [0.4, 0.5) is 10.5 Å². The van der Waals surface area contributed by atoms with E-state index in [1.807, 2.05) is 63.9 Å². The molecule has 6 nitrogen and oxygen atoms in total. The summed E-state index contributed by atoms with van der Waals surface area (Å²) >= 11 is 1.40. The van der Waals surface area contributed by atoms with Gasteiger partial charge in [-0.25, -0.2) is 4.79 Å². The van der Waals surface area contributed by atoms with E-state index in [-0.39, 0.29) is 30.5 Å². The van der Waals surface area contributed by atoms with Crippen LogP contribution in [0.15, 0.2) is 39.8 Å². The monoisotopic (exact) mass is 387 g/mol. The number of urea groups is 1. The Kier molecular flexibility index (Phi) is 5.33. The number of carbonyl (C=O) groups is 3. The third kappa shape index (κ3) is 3.48. The van der Waals surface area contributed by atoms with Crippen molar-refractivity contribution in [1.82, 2.24) is 9.80 Å². The predicted molar refractivity (Wildman–Crippen MR) is 106 cm³/mol. The molecule has 7 heteroatoms. The number of hydrogen-bond donors (Lipinski definition) is 0. The van der Waals surface area contributed by atoms with E-state index in [1.165, 1.54) is 21.6 Å². The Labute approximate surface area is 164 Å². The normalized spacial score (nSPS) is 17.7. The predicted octanol–water partition coefficient (Wildman–Crippen LogP) is 3.54. The van der Waals surface area contributed by atoms with Gasteiger partial charge in [0.25, 0.3) is 11.8 Å². The highest BCUT2D eigenvalue weighted by molar-refractivity contribution is 8.03. The van der Waals surface area contributed by atoms with Crippen molar-refractivity contribution in [2.75, 3.05) is 25.0 Å². The van der Waals surface area contributed by atoms with Gasteiger partial charge in [0.15, 0.2) is 0 Å². The van der Waals surface area contributed by atoms with E-state index in [9.17, 15) is 14.4 Å². The van der Waals surface area contributed by atoms with Crippen LogP contribution in [0.2, 0.25) is 0 Å². The number of para-hydroxylation sites is 1. The Morgan fingerprint density at radius 2 is 1.41 bits per heavy atom. The van der Waals surface area contributed by atoms with Crippen LogP contribution in [-0.2, 0) is 9.59 Å². The number of carbonyl (C=O) groups excluding carboxylic acids is 3. The van der Waals surface area contributed by atoms with Gasteiger partial charge in [-0.3, -0.25) is 19.4 Å². The minimum atomic E-state index is -0.514. The molecule has 0 aliphatic carbocycles. The molecule has 2 heterocycles. The van der Waals surface area contributed by atoms with Crippen LogP contribution < -0.4 is 4.90 Å². The fraction of sp³-hybridized carbons (Fsp3) is 0.450. The maximum absolute atomic E-state index is 13.2. The van der Waals surface area contributed by atoms with Gasteiger partial charge in [0.1, 0.15) is 5.57 Å². The molecule has 0 unspecified atom stereocenters. The average Bonchev–Trinajstić information content (AvgIpc) is 2.92. The fourth-order valence-corrected chi connectivity index (χ4v) is 4.41. The molecule has 1 aromatic carbocycles. The van der Waals surface area contributed by atoms with Crippen LogP contribution in [0.1, 0.15) is 27.7 Å². The summed E-state index contributed by atoms with van der Waals surface area (Å²) in [5.74, 6) is -0.768. The Morgan fingerprint density at radius 3 is 1.89 bits per heavy atom. The van der Waals surface area contributed by atoms with Crippen LogP contribution in [-0.4, -0.2) is 47.8 Å². The lowest BCUT2D eigenvalue weighted by Crippen LogP contribution is -2.58. The van der Waals surface area contributed by atoms with Crippen LogP contribution in [0.5, 0.6) is 0 Å². The van der Waals surface area contributed by atoms with E-state index in [0.717, 1.165) is 10.6 Å². The van der Waals surface area contributed by atoms with Gasteiger partial charge in [0.2, 0.25) is 0 Å². The van der Waals surface area contributed by atoms with E-state index >= 15 is 0 Å². The van der Waals surface area contributed by atoms with Crippen molar-refractivity contribution in [2.24, 2.45) is 11.8 Å². The van der Waals surface area contributed by atoms with Crippen molar-refractivity contribution in [3.05, 3.63) is 34.9 Å². The third-order valence-corrected chi connectivity index (χ3v) is 5.66. The molecule has 0 aromatic heterocycles. The van der Waals surface area contributed by atoms with Crippen LogP contribution in [0.3, 0.4) is 0 Å². The van der Waals surface area contributed by atoms with Gasteiger partial charge in [-0.1, -0.05) is 51.6 Å². The highest BCUT2D eigenvalue weighted by atomic mass is 32.2. The number of hydrogen-bond acceptors (Lipinski definition) is 5. The molecular formula is C20H25N3O3S. The molecule has 2 aliphatic rings. The van der Waals surface area contributed by atoms with E-state index in [4.69, 9.17) is 0 Å². The molecule has 0 N–H and O–H groups in total. The van der Waals surface area contributed by atoms with Gasteiger partial charge in [0.05, 0.1) is 10.7 Å². The first-order valence-electron chi connectivity index (χ1n) is 9.15. The molecule has 1 fully saturated rings. The van der Waals surface area contributed by atoms with Gasteiger partial charge >= 0.3 is 6.03 Å². The molecule has 0 radical (unpaired) electrons. The van der Waals surface area contributed by atoms with E-state index in [0.29, 0.717) is 5.03 Å². The maximum atomic E-state index is 13.2. The summed E-state index contributed by atoms with van der Waals surface area (Å²) in [6.45, 7) is 8.37. The largest absolute Gasteiger partial charge is 0.337 e. The fourth-order valence-electron chi connectivity index (χ4n) is 3.24. The highest BCUT2D eigenvalue weighted by Crippen LogP contribution is 2.47. The van der Waals surface area contributed by atoms with Crippen molar-refractivity contribution in [3.8, 4) is 0 Å². The van der Waals surface area contributed by atoms with E-state index in [1.54, 1.807) is 0 Å². The molecule has 27 heavy (non-hydrogen) atoms. The second-order valence-corrected chi connectivity index (χ2v) is 8.74. The Morgan fingerprint density at radius 1 is 0.889 bits per heavy atom. The van der Waals surface area contributed by atoms with Crippen LogP contribution >= 0.6 is 11.8 Å². The molecule has 3 rings (SSSR count). The summed E-state index contributed by atoms with van der Waals surface area (Å²) in [6.07, 6.45) is 0. The van der Waals surface area contributed by atoms with Crippen molar-refractivity contribution in [2.45, 2.75) is 32.6 Å². The van der Waals surface area contributed by atoms with Crippen molar-refractivity contribution in [3.63, 3.8) is 0 Å². The average molecular weight is 388 g/mol. The summed E-state index contributed by atoms with van der Waals surface area (Å²) < 4.78 is 0. The van der Waals surface area contributed by atoms with Crippen LogP contribution in [0.25, 0.3) is 0 Å². The topological polar surface area (TPSA) is 60.9 Å². The van der Waals surface area contributed by atoms with E-state index in [2.05, 4.69) is 0 Å². The molecule has 144 valence electrons. The Bertz CT molecular complexity index is 798. The molecule has 4 amide bonds. The zero-order valence-electron chi connectivity index (χ0n) is 16.4. The number of barbiturate groups is 1. The third-order valence-electron chi connectivity index (χ3n) is 4.43. The number of nitrogens with zero attached hydrogens (tertiary/aromatic N) is 3. The van der Waals surface area contributed by atoms with E-state index < -0.39 is 17.8 Å². The standard InChI is InChI=1S/C20H25N3O3S/c1-12(2)10-22-17(24)16(18(25)23(20(22)26)11-13(3)4)19-21(5)14-8-6-7-9-15(14)27-19/h6-9,12-13H,10-11H2,1-5H3. The lowest BCUT2D eigenvalue weighted by Gasteiger charge is -2.36. The minimum absolute atomic E-state index is 0.0830. The maximum Gasteiger partial charge on any atom is 0.333 e. The van der Waals surface area contributed by atoms with Gasteiger partial charge in [-0.15, -0.1) is 0 Å². The van der Waals surface area contributed by atoms with Gasteiger partial charge < -0.3 is 4.90 Å². The summed E-state index contributed by atoms with van der Waals surface area (Å²) in [5.41, 5.74) is 1.04. The quantitative estimate of drug-likeness (QED) is 0.584. The molecule has 2 aliphatic heterocycles.